The number of sulfonamides is 1. The van der Waals surface area contributed by atoms with Crippen molar-refractivity contribution in [3.05, 3.63) is 48.0 Å². The Hall–Kier alpha value is -3.51. The number of nitrogens with one attached hydrogen (secondary N) is 2. The highest BCUT2D eigenvalue weighted by Crippen LogP contribution is 2.29. The quantitative estimate of drug-likeness (QED) is 0.461. The Bertz CT molecular complexity index is 1240. The molecule has 11 nitrogen and oxygen atoms in total. The molecule has 1 aliphatic heterocycles. The van der Waals surface area contributed by atoms with Gasteiger partial charge in [-0.2, -0.15) is 0 Å². The number of hydrogen-bond acceptors (Lipinski definition) is 7. The van der Waals surface area contributed by atoms with E-state index in [0.717, 1.165) is 6.26 Å². The van der Waals surface area contributed by atoms with Crippen molar-refractivity contribution in [3.8, 4) is 11.5 Å². The molecule has 0 aliphatic carbocycles. The highest BCUT2D eigenvalue weighted by Gasteiger charge is 2.32. The summed E-state index contributed by atoms with van der Waals surface area (Å²) >= 11 is 0. The first-order chi connectivity index (χ1) is 17.9. The zero-order valence-electron chi connectivity index (χ0n) is 22.3. The molecule has 208 valence electrons. The van der Waals surface area contributed by atoms with Crippen molar-refractivity contribution in [2.45, 2.75) is 32.4 Å². The van der Waals surface area contributed by atoms with Gasteiger partial charge in [0, 0.05) is 36.4 Å². The Morgan fingerprint density at radius 2 is 1.89 bits per heavy atom. The van der Waals surface area contributed by atoms with Gasteiger partial charge in [0.15, 0.2) is 0 Å². The molecule has 0 bridgehead atoms. The molecule has 1 heterocycles. The summed E-state index contributed by atoms with van der Waals surface area (Å²) in [7, 11) is -0.301. The van der Waals surface area contributed by atoms with Crippen molar-refractivity contribution >= 4 is 33.3 Å². The van der Waals surface area contributed by atoms with Crippen LogP contribution in [0.3, 0.4) is 0 Å². The van der Waals surface area contributed by atoms with Crippen molar-refractivity contribution in [1.82, 2.24) is 9.80 Å². The van der Waals surface area contributed by atoms with E-state index in [0.29, 0.717) is 35.0 Å². The number of aliphatic hydroxyl groups excluding tert-OH is 1. The van der Waals surface area contributed by atoms with E-state index in [-0.39, 0.29) is 37.4 Å². The number of aliphatic hydroxyl groups is 1. The lowest BCUT2D eigenvalue weighted by Crippen LogP contribution is -2.48. The largest absolute Gasteiger partial charge is 0.497 e. The predicted molar refractivity (Wildman–Crippen MR) is 145 cm³/mol. The minimum absolute atomic E-state index is 0.0355. The molecule has 3 rings (SSSR count). The average Bonchev–Trinajstić information content (AvgIpc) is 2.90. The number of urea groups is 1. The van der Waals surface area contributed by atoms with Crippen molar-refractivity contribution in [1.29, 1.82) is 0 Å². The summed E-state index contributed by atoms with van der Waals surface area (Å²) in [6.07, 6.45) is 0.506. The Kier molecular flexibility index (Phi) is 9.45. The van der Waals surface area contributed by atoms with E-state index in [1.807, 2.05) is 6.92 Å². The van der Waals surface area contributed by atoms with Gasteiger partial charge >= 0.3 is 6.03 Å². The minimum atomic E-state index is -3.52. The molecule has 3 N–H and O–H groups in total. The maximum atomic E-state index is 13.2. The second-order valence-electron chi connectivity index (χ2n) is 9.62. The van der Waals surface area contributed by atoms with Crippen LogP contribution in [-0.4, -0.2) is 87.5 Å². The summed E-state index contributed by atoms with van der Waals surface area (Å²) in [5.41, 5.74) is 1.42. The zero-order valence-corrected chi connectivity index (χ0v) is 23.1. The Morgan fingerprint density at radius 3 is 2.50 bits per heavy atom. The van der Waals surface area contributed by atoms with Gasteiger partial charge in [-0.1, -0.05) is 6.92 Å². The van der Waals surface area contributed by atoms with Crippen LogP contribution in [0.4, 0.5) is 16.2 Å². The molecule has 0 aromatic heterocycles. The number of fused-ring (bicyclic) bond motifs is 1. The molecular weight excluding hydrogens is 512 g/mol. The third kappa shape index (κ3) is 7.75. The fourth-order valence-corrected chi connectivity index (χ4v) is 4.73. The van der Waals surface area contributed by atoms with Gasteiger partial charge in [-0.25, -0.2) is 13.2 Å². The molecule has 0 fully saturated rings. The van der Waals surface area contributed by atoms with Crippen LogP contribution in [0.15, 0.2) is 42.5 Å². The maximum absolute atomic E-state index is 13.2. The number of rotatable bonds is 8. The van der Waals surface area contributed by atoms with E-state index in [9.17, 15) is 23.1 Å². The topological polar surface area (TPSA) is 138 Å². The molecule has 1 aliphatic rings. The molecule has 0 unspecified atom stereocenters. The normalized spacial score (nSPS) is 18.7. The van der Waals surface area contributed by atoms with Crippen molar-refractivity contribution in [3.63, 3.8) is 0 Å². The summed E-state index contributed by atoms with van der Waals surface area (Å²) in [6.45, 7) is 3.99. The molecule has 12 heteroatoms. The summed E-state index contributed by atoms with van der Waals surface area (Å²) < 4.78 is 37.4. The second-order valence-corrected chi connectivity index (χ2v) is 11.4. The second kappa shape index (κ2) is 12.4. The molecule has 3 atom stereocenters. The van der Waals surface area contributed by atoms with Gasteiger partial charge < -0.3 is 29.7 Å². The van der Waals surface area contributed by atoms with E-state index < -0.39 is 22.2 Å². The molecule has 0 radical (unpaired) electrons. The molecule has 0 spiro atoms. The fourth-order valence-electron chi connectivity index (χ4n) is 4.17. The van der Waals surface area contributed by atoms with Crippen LogP contribution < -0.4 is 19.5 Å². The summed E-state index contributed by atoms with van der Waals surface area (Å²) in [5, 5.41) is 12.6. The van der Waals surface area contributed by atoms with Crippen LogP contribution >= 0.6 is 0 Å². The number of benzene rings is 2. The SMILES string of the molecule is COc1ccc(NC(=O)N(C)C[C@@H]2Oc3ccc(NS(C)(=O)=O)cc3CC(=O)N([C@H](C)CO)C[C@@H]2C)cc1. The van der Waals surface area contributed by atoms with E-state index in [4.69, 9.17) is 9.47 Å². The Morgan fingerprint density at radius 1 is 1.24 bits per heavy atom. The molecule has 38 heavy (non-hydrogen) atoms. The third-order valence-corrected chi connectivity index (χ3v) is 6.97. The number of nitrogens with zero attached hydrogens (tertiary/aromatic N) is 2. The molecular formula is C26H36N4O7S. The first kappa shape index (κ1) is 29.1. The van der Waals surface area contributed by atoms with Crippen molar-refractivity contribution in [2.75, 3.05) is 50.1 Å². The van der Waals surface area contributed by atoms with Gasteiger partial charge in [-0.05, 0) is 49.4 Å². The van der Waals surface area contributed by atoms with Gasteiger partial charge in [0.25, 0.3) is 0 Å². The van der Waals surface area contributed by atoms with Gasteiger partial charge in [0.05, 0.1) is 39.0 Å². The van der Waals surface area contributed by atoms with Gasteiger partial charge in [0.1, 0.15) is 17.6 Å². The molecule has 3 amide bonds. The van der Waals surface area contributed by atoms with Crippen molar-refractivity contribution < 1.29 is 32.6 Å². The average molecular weight is 549 g/mol. The molecule has 0 saturated carbocycles. The highest BCUT2D eigenvalue weighted by molar-refractivity contribution is 7.92. The standard InChI is InChI=1S/C26H36N4O7S/c1-17-14-30(18(2)16-31)25(32)13-19-12-21(28-38(5,34)35)8-11-23(19)37-24(17)15-29(3)26(33)27-20-6-9-22(36-4)10-7-20/h6-12,17-18,24,28,31H,13-16H2,1-5H3,(H,27,33)/t17-,18+,24-/m0/s1. The first-order valence-electron chi connectivity index (χ1n) is 12.2. The fraction of sp³-hybridized carbons (Fsp3) is 0.462. The van der Waals surface area contributed by atoms with E-state index >= 15 is 0 Å². The van der Waals surface area contributed by atoms with Crippen LogP contribution in [0, 0.1) is 5.92 Å². The van der Waals surface area contributed by atoms with E-state index in [1.54, 1.807) is 68.4 Å². The predicted octanol–water partition coefficient (Wildman–Crippen LogP) is 2.38. The smallest absolute Gasteiger partial charge is 0.321 e. The number of likely N-dealkylation sites (N-methyl/N-ethyl adjacent to an activating group) is 1. The number of carbonyl (C=O) groups excluding carboxylic acids is 2. The number of anilines is 2. The first-order valence-corrected chi connectivity index (χ1v) is 14.1. The number of ether oxygens (including phenoxy) is 2. The third-order valence-electron chi connectivity index (χ3n) is 6.36. The molecule has 2 aromatic carbocycles. The Labute approximate surface area is 223 Å². The maximum Gasteiger partial charge on any atom is 0.321 e. The lowest BCUT2D eigenvalue weighted by Gasteiger charge is -2.34. The van der Waals surface area contributed by atoms with Crippen LogP contribution in [0.1, 0.15) is 19.4 Å². The number of methoxy groups -OCH3 is 1. The van der Waals surface area contributed by atoms with E-state index in [1.165, 1.54) is 4.90 Å². The summed E-state index contributed by atoms with van der Waals surface area (Å²) in [4.78, 5) is 29.3. The highest BCUT2D eigenvalue weighted by atomic mass is 32.2. The van der Waals surface area contributed by atoms with Crippen LogP contribution in [0.2, 0.25) is 0 Å². The molecule has 0 saturated heterocycles. The van der Waals surface area contributed by atoms with Gasteiger partial charge in [0.2, 0.25) is 15.9 Å². The molecule has 2 aromatic rings. The van der Waals surface area contributed by atoms with Crippen LogP contribution in [-0.2, 0) is 21.2 Å². The number of carbonyl (C=O) groups is 2. The minimum Gasteiger partial charge on any atom is -0.497 e. The van der Waals surface area contributed by atoms with Crippen molar-refractivity contribution in [2.24, 2.45) is 5.92 Å². The zero-order chi connectivity index (χ0) is 28.0. The van der Waals surface area contributed by atoms with Crippen LogP contribution in [0.5, 0.6) is 11.5 Å². The van der Waals surface area contributed by atoms with Crippen LogP contribution in [0.25, 0.3) is 0 Å². The summed E-state index contributed by atoms with van der Waals surface area (Å²) in [6, 6.07) is 11.0. The number of hydrogen-bond donors (Lipinski definition) is 3. The monoisotopic (exact) mass is 548 g/mol. The summed E-state index contributed by atoms with van der Waals surface area (Å²) in [5.74, 6) is 0.681. The van der Waals surface area contributed by atoms with Gasteiger partial charge in [-0.15, -0.1) is 0 Å². The van der Waals surface area contributed by atoms with Gasteiger partial charge in [-0.3, -0.25) is 9.52 Å². The van der Waals surface area contributed by atoms with E-state index in [2.05, 4.69) is 10.0 Å². The number of amides is 3. The lowest BCUT2D eigenvalue weighted by molar-refractivity contribution is -0.134. The Balaban J connectivity index is 1.87. The lowest BCUT2D eigenvalue weighted by atomic mass is 10.0.